The van der Waals surface area contributed by atoms with Gasteiger partial charge in [-0.2, -0.15) is 0 Å². The summed E-state index contributed by atoms with van der Waals surface area (Å²) >= 11 is 1.83. The zero-order valence-electron chi connectivity index (χ0n) is 14.9. The van der Waals surface area contributed by atoms with Crippen molar-refractivity contribution in [2.75, 3.05) is 13.1 Å². The summed E-state index contributed by atoms with van der Waals surface area (Å²) < 4.78 is 1.92. The number of aliphatic hydroxyl groups excluding tert-OH is 1. The molecule has 0 radical (unpaired) electrons. The van der Waals surface area contributed by atoms with Gasteiger partial charge >= 0.3 is 0 Å². The van der Waals surface area contributed by atoms with E-state index in [4.69, 9.17) is 0 Å². The number of nitrogens with zero attached hydrogens (tertiary/aromatic N) is 4. The molecular weight excluding hydrogens is 320 g/mol. The van der Waals surface area contributed by atoms with E-state index in [1.54, 1.807) is 6.20 Å². The van der Waals surface area contributed by atoms with Gasteiger partial charge in [0.15, 0.2) is 0 Å². The SMILES string of the molecule is CC(C)Cc1ncc(CN2CCCC(C(O)c3nccn3C)C2)s1. The van der Waals surface area contributed by atoms with Gasteiger partial charge in [0.2, 0.25) is 0 Å². The van der Waals surface area contributed by atoms with Crippen LogP contribution in [0.3, 0.4) is 0 Å². The van der Waals surface area contributed by atoms with E-state index in [0.29, 0.717) is 5.92 Å². The Morgan fingerprint density at radius 2 is 2.21 bits per heavy atom. The Bertz CT molecular complexity index is 651. The number of piperidine rings is 1. The maximum atomic E-state index is 10.7. The first-order valence-electron chi connectivity index (χ1n) is 8.84. The minimum atomic E-state index is -0.481. The smallest absolute Gasteiger partial charge is 0.137 e. The van der Waals surface area contributed by atoms with Crippen LogP contribution in [0.15, 0.2) is 18.6 Å². The summed E-state index contributed by atoms with van der Waals surface area (Å²) in [6.07, 6.45) is 8.45. The summed E-state index contributed by atoms with van der Waals surface area (Å²) in [5.41, 5.74) is 0. The van der Waals surface area contributed by atoms with Crippen LogP contribution in [0.5, 0.6) is 0 Å². The predicted octanol–water partition coefficient (Wildman–Crippen LogP) is 3.02. The van der Waals surface area contributed by atoms with Gasteiger partial charge in [-0.25, -0.2) is 9.97 Å². The fourth-order valence-corrected chi connectivity index (χ4v) is 4.63. The van der Waals surface area contributed by atoms with Crippen molar-refractivity contribution in [2.24, 2.45) is 18.9 Å². The third-order valence-electron chi connectivity index (χ3n) is 4.68. The lowest BCUT2D eigenvalue weighted by atomic mass is 9.92. The minimum Gasteiger partial charge on any atom is -0.385 e. The van der Waals surface area contributed by atoms with Crippen LogP contribution in [0.2, 0.25) is 0 Å². The van der Waals surface area contributed by atoms with E-state index in [1.165, 1.54) is 9.88 Å². The standard InChI is InChI=1S/C18H28N4OS/c1-13(2)9-16-20-10-15(24-16)12-22-7-4-5-14(11-22)17(23)18-19-6-8-21(18)3/h6,8,10,13-14,17,23H,4-5,7,9,11-12H2,1-3H3. The second-order valence-electron chi connectivity index (χ2n) is 7.30. The van der Waals surface area contributed by atoms with Crippen molar-refractivity contribution in [3.8, 4) is 0 Å². The molecular formula is C18H28N4OS. The number of aromatic nitrogens is 3. The molecule has 2 unspecified atom stereocenters. The Hall–Kier alpha value is -1.24. The van der Waals surface area contributed by atoms with Crippen molar-refractivity contribution in [2.45, 2.75) is 45.8 Å². The fourth-order valence-electron chi connectivity index (χ4n) is 3.45. The minimum absolute atomic E-state index is 0.253. The van der Waals surface area contributed by atoms with E-state index in [1.807, 2.05) is 35.3 Å². The number of likely N-dealkylation sites (tertiary alicyclic amines) is 1. The van der Waals surface area contributed by atoms with Gasteiger partial charge in [0.1, 0.15) is 11.9 Å². The molecule has 2 atom stereocenters. The molecule has 0 aromatic carbocycles. The highest BCUT2D eigenvalue weighted by molar-refractivity contribution is 7.11. The van der Waals surface area contributed by atoms with Crippen molar-refractivity contribution >= 4 is 11.3 Å². The lowest BCUT2D eigenvalue weighted by Gasteiger charge is -2.34. The molecule has 0 saturated carbocycles. The molecule has 2 aromatic rings. The third kappa shape index (κ3) is 4.23. The van der Waals surface area contributed by atoms with Crippen LogP contribution in [0.1, 0.15) is 48.5 Å². The fraction of sp³-hybridized carbons (Fsp3) is 0.667. The van der Waals surface area contributed by atoms with Gasteiger partial charge < -0.3 is 9.67 Å². The molecule has 1 saturated heterocycles. The number of rotatable bonds is 6. The molecule has 3 rings (SSSR count). The molecule has 1 aliphatic rings. The normalized spacial score (nSPS) is 20.6. The summed E-state index contributed by atoms with van der Waals surface area (Å²) in [5, 5.41) is 11.9. The molecule has 6 heteroatoms. The number of thiazole rings is 1. The summed E-state index contributed by atoms with van der Waals surface area (Å²) in [6.45, 7) is 7.43. The van der Waals surface area contributed by atoms with Gasteiger partial charge in [0.05, 0.1) is 5.01 Å². The van der Waals surface area contributed by atoms with Crippen molar-refractivity contribution < 1.29 is 5.11 Å². The van der Waals surface area contributed by atoms with Crippen LogP contribution in [-0.2, 0) is 20.0 Å². The summed E-state index contributed by atoms with van der Waals surface area (Å²) in [6, 6.07) is 0. The van der Waals surface area contributed by atoms with E-state index in [0.717, 1.165) is 44.7 Å². The Morgan fingerprint density at radius 1 is 1.38 bits per heavy atom. The van der Waals surface area contributed by atoms with E-state index < -0.39 is 6.10 Å². The van der Waals surface area contributed by atoms with Gasteiger partial charge in [-0.1, -0.05) is 13.8 Å². The lowest BCUT2D eigenvalue weighted by molar-refractivity contribution is 0.0408. The molecule has 3 heterocycles. The molecule has 0 spiro atoms. The van der Waals surface area contributed by atoms with Crippen LogP contribution in [0.4, 0.5) is 0 Å². The number of imidazole rings is 1. The molecule has 0 bridgehead atoms. The van der Waals surface area contributed by atoms with Crippen molar-refractivity contribution in [1.82, 2.24) is 19.4 Å². The van der Waals surface area contributed by atoms with Crippen LogP contribution in [-0.4, -0.2) is 37.6 Å². The number of hydrogen-bond donors (Lipinski definition) is 1. The average molecular weight is 349 g/mol. The van der Waals surface area contributed by atoms with Crippen molar-refractivity contribution in [3.63, 3.8) is 0 Å². The van der Waals surface area contributed by atoms with Crippen LogP contribution in [0.25, 0.3) is 0 Å². The van der Waals surface area contributed by atoms with Crippen LogP contribution in [0, 0.1) is 11.8 Å². The second-order valence-corrected chi connectivity index (χ2v) is 8.50. The molecule has 1 aliphatic heterocycles. The third-order valence-corrected chi connectivity index (χ3v) is 5.68. The molecule has 2 aromatic heterocycles. The van der Waals surface area contributed by atoms with Gasteiger partial charge in [-0.15, -0.1) is 11.3 Å². The first kappa shape index (κ1) is 17.6. The molecule has 0 amide bonds. The lowest BCUT2D eigenvalue weighted by Crippen LogP contribution is -2.37. The molecule has 1 N–H and O–H groups in total. The van der Waals surface area contributed by atoms with Gasteiger partial charge in [0, 0.05) is 55.9 Å². The van der Waals surface area contributed by atoms with Gasteiger partial charge in [-0.05, 0) is 25.3 Å². The molecule has 24 heavy (non-hydrogen) atoms. The Labute approximate surface area is 148 Å². The Balaban J connectivity index is 1.59. The van der Waals surface area contributed by atoms with Crippen LogP contribution >= 0.6 is 11.3 Å². The van der Waals surface area contributed by atoms with Gasteiger partial charge in [-0.3, -0.25) is 4.90 Å². The summed E-state index contributed by atoms with van der Waals surface area (Å²) in [4.78, 5) is 12.7. The number of hydrogen-bond acceptors (Lipinski definition) is 5. The topological polar surface area (TPSA) is 54.2 Å². The Kier molecular flexibility index (Phi) is 5.69. The molecule has 132 valence electrons. The second kappa shape index (κ2) is 7.76. The largest absolute Gasteiger partial charge is 0.385 e. The predicted molar refractivity (Wildman–Crippen MR) is 96.8 cm³/mol. The number of aryl methyl sites for hydroxylation is 1. The quantitative estimate of drug-likeness (QED) is 0.872. The van der Waals surface area contributed by atoms with E-state index in [2.05, 4.69) is 28.7 Å². The zero-order chi connectivity index (χ0) is 17.1. The highest BCUT2D eigenvalue weighted by Gasteiger charge is 2.29. The zero-order valence-corrected chi connectivity index (χ0v) is 15.7. The average Bonchev–Trinajstić information content (AvgIpc) is 3.15. The highest BCUT2D eigenvalue weighted by atomic mass is 32.1. The maximum absolute atomic E-state index is 10.7. The van der Waals surface area contributed by atoms with Crippen molar-refractivity contribution in [3.05, 3.63) is 34.3 Å². The van der Waals surface area contributed by atoms with Gasteiger partial charge in [0.25, 0.3) is 0 Å². The Morgan fingerprint density at radius 3 is 2.92 bits per heavy atom. The first-order valence-corrected chi connectivity index (χ1v) is 9.65. The van der Waals surface area contributed by atoms with E-state index in [9.17, 15) is 5.11 Å². The summed E-state index contributed by atoms with van der Waals surface area (Å²) in [5.74, 6) is 1.68. The number of aliphatic hydroxyl groups is 1. The van der Waals surface area contributed by atoms with E-state index in [-0.39, 0.29) is 5.92 Å². The maximum Gasteiger partial charge on any atom is 0.137 e. The molecule has 0 aliphatic carbocycles. The monoisotopic (exact) mass is 348 g/mol. The first-order chi connectivity index (χ1) is 11.5. The van der Waals surface area contributed by atoms with Crippen LogP contribution < -0.4 is 0 Å². The van der Waals surface area contributed by atoms with E-state index >= 15 is 0 Å². The summed E-state index contributed by atoms with van der Waals surface area (Å²) in [7, 11) is 1.94. The molecule has 1 fully saturated rings. The molecule has 5 nitrogen and oxygen atoms in total. The highest BCUT2D eigenvalue weighted by Crippen LogP contribution is 2.30. The van der Waals surface area contributed by atoms with Crippen molar-refractivity contribution in [1.29, 1.82) is 0 Å².